The smallest absolute Gasteiger partial charge is 0.251 e. The third-order valence-corrected chi connectivity index (χ3v) is 4.72. The van der Waals surface area contributed by atoms with Gasteiger partial charge in [0.2, 0.25) is 5.91 Å². The Morgan fingerprint density at radius 3 is 2.35 bits per heavy atom. The molecular weight excluding hydrogens is 292 g/mol. The van der Waals surface area contributed by atoms with Crippen LogP contribution in [0.4, 0.5) is 5.69 Å². The third-order valence-electron chi connectivity index (χ3n) is 4.72. The molecule has 1 atom stereocenters. The summed E-state index contributed by atoms with van der Waals surface area (Å²) >= 11 is 0. The normalized spacial score (nSPS) is 22.7. The van der Waals surface area contributed by atoms with Crippen molar-refractivity contribution in [2.75, 3.05) is 4.90 Å². The summed E-state index contributed by atoms with van der Waals surface area (Å²) in [5, 5.41) is 3.36. The molecule has 5 nitrogen and oxygen atoms in total. The fraction of sp³-hybridized carbons (Fsp3) is 0.500. The number of Topliss-reactive ketones (excluding diaryl/α,β-unsaturated/α-hetero) is 1. The minimum Gasteiger partial charge on any atom is -0.303 e. The predicted octanol–water partition coefficient (Wildman–Crippen LogP) is 2.44. The first-order valence-corrected chi connectivity index (χ1v) is 8.30. The van der Waals surface area contributed by atoms with Crippen LogP contribution in [-0.2, 0) is 9.59 Å². The van der Waals surface area contributed by atoms with Crippen LogP contribution in [0.25, 0.3) is 0 Å². The zero-order valence-electron chi connectivity index (χ0n) is 13.4. The molecule has 1 heterocycles. The van der Waals surface area contributed by atoms with E-state index in [1.807, 2.05) is 0 Å². The molecular formula is C18H22N2O3. The summed E-state index contributed by atoms with van der Waals surface area (Å²) < 4.78 is 0. The van der Waals surface area contributed by atoms with Gasteiger partial charge in [0.15, 0.2) is 5.78 Å². The second-order valence-corrected chi connectivity index (χ2v) is 6.43. The van der Waals surface area contributed by atoms with E-state index >= 15 is 0 Å². The van der Waals surface area contributed by atoms with Gasteiger partial charge in [0.05, 0.1) is 18.2 Å². The number of carbonyl (C=O) groups excluding carboxylic acids is 3. The highest BCUT2D eigenvalue weighted by Gasteiger charge is 2.40. The summed E-state index contributed by atoms with van der Waals surface area (Å²) in [7, 11) is 0. The van der Waals surface area contributed by atoms with E-state index in [0.717, 1.165) is 12.8 Å². The molecule has 0 aromatic heterocycles. The molecule has 1 aromatic carbocycles. The van der Waals surface area contributed by atoms with Crippen LogP contribution in [0.1, 0.15) is 55.8 Å². The van der Waals surface area contributed by atoms with Crippen molar-refractivity contribution in [1.29, 1.82) is 0 Å². The van der Waals surface area contributed by atoms with Crippen LogP contribution in [0.3, 0.4) is 0 Å². The number of carbonyl (C=O) groups is 3. The van der Waals surface area contributed by atoms with Crippen LogP contribution >= 0.6 is 0 Å². The number of nitrogens with one attached hydrogen (secondary N) is 1. The molecule has 1 aromatic rings. The average molecular weight is 314 g/mol. The Balaban J connectivity index is 1.71. The number of hydrogen-bond donors (Lipinski definition) is 1. The molecule has 2 amide bonds. The maximum atomic E-state index is 12.6. The first-order chi connectivity index (χ1) is 11.1. The Bertz CT molecular complexity index is 618. The first kappa shape index (κ1) is 15.9. The van der Waals surface area contributed by atoms with E-state index < -0.39 is 6.04 Å². The van der Waals surface area contributed by atoms with Crippen molar-refractivity contribution in [1.82, 2.24) is 5.32 Å². The zero-order valence-corrected chi connectivity index (χ0v) is 13.4. The Morgan fingerprint density at radius 1 is 1.09 bits per heavy atom. The van der Waals surface area contributed by atoms with Crippen LogP contribution in [0.5, 0.6) is 0 Å². The van der Waals surface area contributed by atoms with E-state index in [2.05, 4.69) is 5.32 Å². The van der Waals surface area contributed by atoms with Gasteiger partial charge in [-0.2, -0.15) is 0 Å². The fourth-order valence-electron chi connectivity index (χ4n) is 3.43. The second kappa shape index (κ2) is 6.62. The number of ketones is 1. The lowest BCUT2D eigenvalue weighted by atomic mass is 9.95. The van der Waals surface area contributed by atoms with E-state index in [0.29, 0.717) is 17.3 Å². The lowest BCUT2D eigenvalue weighted by Crippen LogP contribution is -2.44. The van der Waals surface area contributed by atoms with Crippen molar-refractivity contribution in [2.24, 2.45) is 0 Å². The highest BCUT2D eigenvalue weighted by molar-refractivity contribution is 6.22. The predicted molar refractivity (Wildman–Crippen MR) is 87.4 cm³/mol. The number of hydrogen-bond acceptors (Lipinski definition) is 4. The van der Waals surface area contributed by atoms with Gasteiger partial charge in [0.1, 0.15) is 0 Å². The number of benzene rings is 1. The van der Waals surface area contributed by atoms with E-state index in [1.165, 1.54) is 31.1 Å². The minimum atomic E-state index is -0.418. The maximum Gasteiger partial charge on any atom is 0.251 e. The van der Waals surface area contributed by atoms with Crippen molar-refractivity contribution in [3.63, 3.8) is 0 Å². The maximum absolute atomic E-state index is 12.6. The van der Waals surface area contributed by atoms with E-state index in [1.54, 1.807) is 24.3 Å². The van der Waals surface area contributed by atoms with E-state index in [-0.39, 0.29) is 24.0 Å². The number of imide groups is 1. The molecule has 2 aliphatic rings. The summed E-state index contributed by atoms with van der Waals surface area (Å²) in [6.07, 6.45) is 5.98. The van der Waals surface area contributed by atoms with Gasteiger partial charge in [-0.25, -0.2) is 4.90 Å². The lowest BCUT2D eigenvalue weighted by molar-refractivity contribution is -0.121. The molecule has 5 heteroatoms. The summed E-state index contributed by atoms with van der Waals surface area (Å²) in [5.41, 5.74) is 1.11. The topological polar surface area (TPSA) is 66.5 Å². The third kappa shape index (κ3) is 3.34. The van der Waals surface area contributed by atoms with Crippen molar-refractivity contribution in [3.8, 4) is 0 Å². The lowest BCUT2D eigenvalue weighted by Gasteiger charge is -2.25. The molecule has 1 aliphatic heterocycles. The monoisotopic (exact) mass is 314 g/mol. The summed E-state index contributed by atoms with van der Waals surface area (Å²) in [4.78, 5) is 37.4. The fourth-order valence-corrected chi connectivity index (χ4v) is 3.43. The Morgan fingerprint density at radius 2 is 1.74 bits per heavy atom. The zero-order chi connectivity index (χ0) is 16.4. The van der Waals surface area contributed by atoms with Gasteiger partial charge in [-0.15, -0.1) is 0 Å². The molecule has 3 rings (SSSR count). The molecule has 0 unspecified atom stereocenters. The quantitative estimate of drug-likeness (QED) is 0.685. The molecule has 1 aliphatic carbocycles. The largest absolute Gasteiger partial charge is 0.303 e. The van der Waals surface area contributed by atoms with Gasteiger partial charge in [-0.1, -0.05) is 19.3 Å². The summed E-state index contributed by atoms with van der Waals surface area (Å²) in [6.45, 7) is 1.49. The van der Waals surface area contributed by atoms with Crippen molar-refractivity contribution < 1.29 is 14.4 Å². The van der Waals surface area contributed by atoms with Crippen LogP contribution in [0, 0.1) is 0 Å². The van der Waals surface area contributed by atoms with Crippen molar-refractivity contribution >= 4 is 23.3 Å². The summed E-state index contributed by atoms with van der Waals surface area (Å²) in [5.74, 6) is -0.400. The molecule has 0 radical (unpaired) electrons. The van der Waals surface area contributed by atoms with Crippen LogP contribution in [-0.4, -0.2) is 29.7 Å². The standard InChI is InChI=1S/C18H22N2O3/c1-12(21)13-7-9-15(10-8-13)20-17(22)11-16(18(20)23)19-14-5-3-2-4-6-14/h7-10,14,16,19H,2-6,11H2,1H3/t16-/m1/s1. The van der Waals surface area contributed by atoms with Crippen molar-refractivity contribution in [3.05, 3.63) is 29.8 Å². The second-order valence-electron chi connectivity index (χ2n) is 6.43. The van der Waals surface area contributed by atoms with Crippen molar-refractivity contribution in [2.45, 2.75) is 57.5 Å². The summed E-state index contributed by atoms with van der Waals surface area (Å²) in [6, 6.07) is 6.55. The SMILES string of the molecule is CC(=O)c1ccc(N2C(=O)C[C@@H](NC3CCCCC3)C2=O)cc1. The van der Waals surface area contributed by atoms with Crippen LogP contribution in [0.2, 0.25) is 0 Å². The van der Waals surface area contributed by atoms with Gasteiger partial charge in [-0.3, -0.25) is 14.4 Å². The van der Waals surface area contributed by atoms with Gasteiger partial charge in [0, 0.05) is 11.6 Å². The molecule has 1 N–H and O–H groups in total. The molecule has 0 spiro atoms. The molecule has 2 fully saturated rings. The molecule has 23 heavy (non-hydrogen) atoms. The molecule has 0 bridgehead atoms. The average Bonchev–Trinajstić information content (AvgIpc) is 2.82. The molecule has 122 valence electrons. The van der Waals surface area contributed by atoms with Gasteiger partial charge < -0.3 is 5.32 Å². The first-order valence-electron chi connectivity index (χ1n) is 8.30. The van der Waals surface area contributed by atoms with Gasteiger partial charge in [0.25, 0.3) is 5.91 Å². The molecule has 1 saturated carbocycles. The minimum absolute atomic E-state index is 0.0348. The van der Waals surface area contributed by atoms with E-state index in [9.17, 15) is 14.4 Å². The van der Waals surface area contributed by atoms with Crippen LogP contribution in [0.15, 0.2) is 24.3 Å². The number of nitrogens with zero attached hydrogens (tertiary/aromatic N) is 1. The molecule has 1 saturated heterocycles. The number of anilines is 1. The highest BCUT2D eigenvalue weighted by atomic mass is 16.2. The van der Waals surface area contributed by atoms with Gasteiger partial charge >= 0.3 is 0 Å². The van der Waals surface area contributed by atoms with Crippen LogP contribution < -0.4 is 10.2 Å². The Kier molecular flexibility index (Phi) is 4.57. The number of rotatable bonds is 4. The Labute approximate surface area is 136 Å². The Hall–Kier alpha value is -2.01. The highest BCUT2D eigenvalue weighted by Crippen LogP contribution is 2.25. The van der Waals surface area contributed by atoms with E-state index in [4.69, 9.17) is 0 Å². The number of amides is 2. The van der Waals surface area contributed by atoms with Gasteiger partial charge in [-0.05, 0) is 44.0 Å².